The molecule has 26 heavy (non-hydrogen) atoms. The molecule has 0 aromatic carbocycles. The van der Waals surface area contributed by atoms with Crippen LogP contribution in [0.3, 0.4) is 0 Å². The number of carbonyl (C=O) groups is 2. The summed E-state index contributed by atoms with van der Waals surface area (Å²) in [5.74, 6) is 0.544. The molecular formula is C17H28N6O3. The topological polar surface area (TPSA) is 111 Å². The van der Waals surface area contributed by atoms with Crippen molar-refractivity contribution < 1.29 is 14.8 Å². The van der Waals surface area contributed by atoms with Gasteiger partial charge in [0.1, 0.15) is 18.0 Å². The average Bonchev–Trinajstić information content (AvgIpc) is 3.20. The number of amides is 2. The Kier molecular flexibility index (Phi) is 8.07. The van der Waals surface area contributed by atoms with E-state index >= 15 is 0 Å². The van der Waals surface area contributed by atoms with Crippen LogP contribution in [-0.4, -0.2) is 52.2 Å². The van der Waals surface area contributed by atoms with E-state index in [-0.39, 0.29) is 12.5 Å². The second-order valence-electron chi connectivity index (χ2n) is 6.49. The molecule has 0 radical (unpaired) electrons. The minimum atomic E-state index is -0.496. The third-order valence-electron chi connectivity index (χ3n) is 4.45. The van der Waals surface area contributed by atoms with Crippen molar-refractivity contribution in [2.75, 3.05) is 30.0 Å². The zero-order chi connectivity index (χ0) is 18.8. The first-order valence-corrected chi connectivity index (χ1v) is 9.17. The van der Waals surface area contributed by atoms with Crippen molar-refractivity contribution in [2.24, 2.45) is 5.92 Å². The van der Waals surface area contributed by atoms with E-state index in [1.165, 1.54) is 6.33 Å². The number of aromatic nitrogens is 2. The number of hydrogen-bond donors (Lipinski definition) is 3. The van der Waals surface area contributed by atoms with E-state index < -0.39 is 5.92 Å². The van der Waals surface area contributed by atoms with Gasteiger partial charge in [-0.25, -0.2) is 15.0 Å². The van der Waals surface area contributed by atoms with Gasteiger partial charge in [-0.2, -0.15) is 0 Å². The minimum absolute atomic E-state index is 0.0382. The number of hydroxylamine groups is 2. The molecule has 1 aromatic rings. The number of unbranched alkanes of at least 4 members (excludes halogenated alkanes) is 2. The van der Waals surface area contributed by atoms with Crippen LogP contribution in [0.25, 0.3) is 0 Å². The summed E-state index contributed by atoms with van der Waals surface area (Å²) in [7, 11) is 0. The lowest BCUT2D eigenvalue weighted by Crippen LogP contribution is -2.40. The summed E-state index contributed by atoms with van der Waals surface area (Å²) in [4.78, 5) is 33.6. The predicted molar refractivity (Wildman–Crippen MR) is 97.4 cm³/mol. The third kappa shape index (κ3) is 6.14. The van der Waals surface area contributed by atoms with Crippen molar-refractivity contribution in [1.82, 2.24) is 20.5 Å². The van der Waals surface area contributed by atoms with Crippen LogP contribution in [0.5, 0.6) is 0 Å². The molecule has 3 N–H and O–H groups in total. The van der Waals surface area contributed by atoms with Crippen LogP contribution in [-0.2, 0) is 9.59 Å². The Bertz CT molecular complexity index is 579. The molecule has 2 rings (SSSR count). The van der Waals surface area contributed by atoms with Crippen molar-refractivity contribution in [3.63, 3.8) is 0 Å². The number of nitrogens with one attached hydrogen (secondary N) is 2. The lowest BCUT2D eigenvalue weighted by molar-refractivity contribution is -0.154. The van der Waals surface area contributed by atoms with Crippen LogP contribution >= 0.6 is 0 Å². The molecule has 9 heteroatoms. The first-order valence-electron chi connectivity index (χ1n) is 9.17. The molecule has 1 aromatic heterocycles. The van der Waals surface area contributed by atoms with Crippen molar-refractivity contribution in [3.05, 3.63) is 12.4 Å². The molecule has 0 bridgehead atoms. The molecule has 9 nitrogen and oxygen atoms in total. The Labute approximate surface area is 153 Å². The summed E-state index contributed by atoms with van der Waals surface area (Å²) < 4.78 is 0. The molecule has 1 fully saturated rings. The van der Waals surface area contributed by atoms with Gasteiger partial charge in [-0.05, 0) is 19.3 Å². The Morgan fingerprint density at radius 3 is 2.85 bits per heavy atom. The molecular weight excluding hydrogens is 336 g/mol. The fraction of sp³-hybridized carbons (Fsp3) is 0.647. The molecule has 0 spiro atoms. The molecule has 1 atom stereocenters. The predicted octanol–water partition coefficient (Wildman–Crippen LogP) is 1.56. The van der Waals surface area contributed by atoms with E-state index in [1.54, 1.807) is 6.07 Å². The number of hydrogen-bond acceptors (Lipinski definition) is 7. The van der Waals surface area contributed by atoms with Crippen LogP contribution in [0.1, 0.15) is 45.4 Å². The highest BCUT2D eigenvalue weighted by molar-refractivity contribution is 5.80. The summed E-state index contributed by atoms with van der Waals surface area (Å²) >= 11 is 0. The highest BCUT2D eigenvalue weighted by Gasteiger charge is 2.21. The quantitative estimate of drug-likeness (QED) is 0.236. The van der Waals surface area contributed by atoms with E-state index in [9.17, 15) is 14.8 Å². The first kappa shape index (κ1) is 19.9. The molecule has 2 heterocycles. The number of rotatable bonds is 11. The van der Waals surface area contributed by atoms with Gasteiger partial charge in [-0.1, -0.05) is 26.2 Å². The van der Waals surface area contributed by atoms with Gasteiger partial charge in [0.05, 0.1) is 12.5 Å². The minimum Gasteiger partial charge on any atom is -0.356 e. The van der Waals surface area contributed by atoms with Crippen molar-refractivity contribution >= 4 is 24.0 Å². The zero-order valence-electron chi connectivity index (χ0n) is 15.2. The molecule has 1 saturated heterocycles. The number of carbonyl (C=O) groups excluding carboxylic acids is 2. The molecule has 0 saturated carbocycles. The van der Waals surface area contributed by atoms with Crippen LogP contribution < -0.4 is 15.8 Å². The Morgan fingerprint density at radius 2 is 2.15 bits per heavy atom. The largest absolute Gasteiger partial charge is 0.356 e. The lowest BCUT2D eigenvalue weighted by Gasteiger charge is -2.20. The van der Waals surface area contributed by atoms with Gasteiger partial charge in [0, 0.05) is 19.2 Å². The third-order valence-corrected chi connectivity index (χ3v) is 4.45. The second kappa shape index (κ2) is 10.5. The highest BCUT2D eigenvalue weighted by atomic mass is 16.5. The summed E-state index contributed by atoms with van der Waals surface area (Å²) in [5.41, 5.74) is 5.43. The standard InChI is InChI=1S/C17H28N6O3/c1-2-3-4-7-14(11-23(26)13-24)17(25)21-20-15-10-16(19-12-18-15)22-8-5-6-9-22/h10,12-14,26H,2-9,11H2,1H3,(H,21,25)(H,18,19,20)/t14-/m0/s1. The molecule has 2 amide bonds. The van der Waals surface area contributed by atoms with Crippen LogP contribution in [0.4, 0.5) is 11.6 Å². The van der Waals surface area contributed by atoms with E-state index in [2.05, 4.69) is 32.6 Å². The summed E-state index contributed by atoms with van der Waals surface area (Å²) in [6.07, 6.45) is 7.54. The van der Waals surface area contributed by atoms with Crippen molar-refractivity contribution in [2.45, 2.75) is 45.4 Å². The molecule has 1 aliphatic heterocycles. The Hall–Kier alpha value is -2.42. The van der Waals surface area contributed by atoms with Crippen LogP contribution in [0.2, 0.25) is 0 Å². The fourth-order valence-corrected chi connectivity index (χ4v) is 2.98. The van der Waals surface area contributed by atoms with Crippen molar-refractivity contribution in [1.29, 1.82) is 0 Å². The van der Waals surface area contributed by atoms with Crippen LogP contribution in [0.15, 0.2) is 12.4 Å². The van der Waals surface area contributed by atoms with Gasteiger partial charge < -0.3 is 4.90 Å². The zero-order valence-corrected chi connectivity index (χ0v) is 15.2. The second-order valence-corrected chi connectivity index (χ2v) is 6.49. The smallest absolute Gasteiger partial charge is 0.243 e. The van der Waals surface area contributed by atoms with Gasteiger partial charge in [0.15, 0.2) is 0 Å². The van der Waals surface area contributed by atoms with Gasteiger partial charge in [0.25, 0.3) is 0 Å². The number of nitrogens with zero attached hydrogens (tertiary/aromatic N) is 4. The maximum atomic E-state index is 12.4. The van der Waals surface area contributed by atoms with Gasteiger partial charge in [-0.15, -0.1) is 0 Å². The van der Waals surface area contributed by atoms with E-state index in [4.69, 9.17) is 0 Å². The van der Waals surface area contributed by atoms with E-state index in [0.717, 1.165) is 51.0 Å². The van der Waals surface area contributed by atoms with E-state index in [1.807, 2.05) is 0 Å². The van der Waals surface area contributed by atoms with Gasteiger partial charge in [-0.3, -0.25) is 25.6 Å². The lowest BCUT2D eigenvalue weighted by atomic mass is 10.0. The van der Waals surface area contributed by atoms with Gasteiger partial charge >= 0.3 is 0 Å². The normalized spacial score (nSPS) is 14.8. The first-order chi connectivity index (χ1) is 12.6. The fourth-order valence-electron chi connectivity index (χ4n) is 2.98. The Morgan fingerprint density at radius 1 is 1.38 bits per heavy atom. The summed E-state index contributed by atoms with van der Waals surface area (Å²) in [5, 5.41) is 9.92. The highest BCUT2D eigenvalue weighted by Crippen LogP contribution is 2.19. The van der Waals surface area contributed by atoms with Crippen LogP contribution in [0, 0.1) is 5.92 Å². The molecule has 0 aliphatic carbocycles. The maximum absolute atomic E-state index is 12.4. The molecule has 144 valence electrons. The maximum Gasteiger partial charge on any atom is 0.243 e. The van der Waals surface area contributed by atoms with Crippen molar-refractivity contribution in [3.8, 4) is 0 Å². The van der Waals surface area contributed by atoms with E-state index in [0.29, 0.717) is 23.7 Å². The molecule has 1 aliphatic rings. The number of anilines is 2. The average molecular weight is 364 g/mol. The molecule has 0 unspecified atom stereocenters. The monoisotopic (exact) mass is 364 g/mol. The summed E-state index contributed by atoms with van der Waals surface area (Å²) in [6.45, 7) is 3.98. The summed E-state index contributed by atoms with van der Waals surface area (Å²) in [6, 6.07) is 1.79. The van der Waals surface area contributed by atoms with Gasteiger partial charge in [0.2, 0.25) is 12.3 Å². The Balaban J connectivity index is 1.90. The SMILES string of the molecule is CCCCC[C@@H](CN(O)C=O)C(=O)NNc1cc(N2CCCC2)ncn1. The number of hydrazine groups is 1.